The molecule has 0 fully saturated rings. The number of benzene rings is 2. The van der Waals surface area contributed by atoms with Gasteiger partial charge in [0.25, 0.3) is 11.8 Å². The van der Waals surface area contributed by atoms with Gasteiger partial charge in [0.2, 0.25) is 0 Å². The number of amides is 6. The quantitative estimate of drug-likeness (QED) is 0.781. The molecule has 0 spiro atoms. The van der Waals surface area contributed by atoms with Crippen molar-refractivity contribution in [2.45, 2.75) is 0 Å². The Bertz CT molecular complexity index is 787. The predicted molar refractivity (Wildman–Crippen MR) is 86.3 cm³/mol. The van der Waals surface area contributed by atoms with Gasteiger partial charge in [-0.2, -0.15) is 0 Å². The average molecular weight is 326 g/mol. The number of nitrogens with zero attached hydrogens (tertiary/aromatic N) is 1. The molecule has 0 aliphatic carbocycles. The molecular weight excluding hydrogens is 312 g/mol. The van der Waals surface area contributed by atoms with Crippen LogP contribution in [0.4, 0.5) is 15.3 Å². The van der Waals surface area contributed by atoms with E-state index in [0.717, 1.165) is 4.90 Å². The van der Waals surface area contributed by atoms with Crippen LogP contribution in [0.15, 0.2) is 54.6 Å². The molecule has 2 rings (SSSR count). The van der Waals surface area contributed by atoms with E-state index in [4.69, 9.17) is 11.5 Å². The molecule has 2 aromatic carbocycles. The first-order valence-electron chi connectivity index (χ1n) is 6.80. The van der Waals surface area contributed by atoms with Crippen LogP contribution in [-0.2, 0) is 0 Å². The Morgan fingerprint density at radius 3 is 1.88 bits per heavy atom. The zero-order valence-electron chi connectivity index (χ0n) is 12.4. The van der Waals surface area contributed by atoms with E-state index in [2.05, 4.69) is 0 Å². The molecule has 0 radical (unpaired) electrons. The molecule has 8 nitrogen and oxygen atoms in total. The van der Waals surface area contributed by atoms with Crippen molar-refractivity contribution in [3.05, 3.63) is 65.7 Å². The van der Waals surface area contributed by atoms with Gasteiger partial charge in [-0.15, -0.1) is 0 Å². The highest BCUT2D eigenvalue weighted by molar-refractivity contribution is 6.20. The zero-order valence-corrected chi connectivity index (χ0v) is 12.4. The summed E-state index contributed by atoms with van der Waals surface area (Å²) >= 11 is 0. The number of urea groups is 2. The molecule has 0 aliphatic heterocycles. The topological polar surface area (TPSA) is 136 Å². The van der Waals surface area contributed by atoms with E-state index in [1.165, 1.54) is 24.3 Å². The minimum Gasteiger partial charge on any atom is -0.351 e. The van der Waals surface area contributed by atoms with Gasteiger partial charge in [-0.3, -0.25) is 14.9 Å². The van der Waals surface area contributed by atoms with Crippen molar-refractivity contribution < 1.29 is 19.2 Å². The number of hydrogen-bond donors (Lipinski definition) is 3. The number of hydrogen-bond acceptors (Lipinski definition) is 4. The van der Waals surface area contributed by atoms with E-state index in [1.54, 1.807) is 30.3 Å². The van der Waals surface area contributed by atoms with E-state index < -0.39 is 23.9 Å². The first-order chi connectivity index (χ1) is 11.4. The van der Waals surface area contributed by atoms with Gasteiger partial charge in [0.05, 0.1) is 5.69 Å². The molecule has 5 N–H and O–H groups in total. The Morgan fingerprint density at radius 2 is 1.38 bits per heavy atom. The molecule has 0 aliphatic rings. The van der Waals surface area contributed by atoms with E-state index >= 15 is 0 Å². The highest BCUT2D eigenvalue weighted by Crippen LogP contribution is 2.18. The molecule has 0 unspecified atom stereocenters. The fourth-order valence-corrected chi connectivity index (χ4v) is 2.00. The normalized spacial score (nSPS) is 9.83. The van der Waals surface area contributed by atoms with Crippen LogP contribution in [0.2, 0.25) is 0 Å². The lowest BCUT2D eigenvalue weighted by molar-refractivity contribution is 0.0964. The van der Waals surface area contributed by atoms with Crippen LogP contribution in [0.3, 0.4) is 0 Å². The monoisotopic (exact) mass is 326 g/mol. The molecule has 0 aromatic heterocycles. The number of rotatable bonds is 3. The van der Waals surface area contributed by atoms with Gasteiger partial charge >= 0.3 is 12.1 Å². The van der Waals surface area contributed by atoms with E-state index in [-0.39, 0.29) is 16.8 Å². The van der Waals surface area contributed by atoms with Crippen molar-refractivity contribution in [2.24, 2.45) is 11.5 Å². The molecule has 0 heterocycles. The molecule has 24 heavy (non-hydrogen) atoms. The molecule has 0 saturated heterocycles. The Morgan fingerprint density at radius 1 is 0.792 bits per heavy atom. The second-order valence-corrected chi connectivity index (χ2v) is 4.71. The SMILES string of the molecule is NC(=O)NC(=O)c1ccc(N(C(N)=O)C(=O)c2ccccc2)cc1. The summed E-state index contributed by atoms with van der Waals surface area (Å²) in [5.74, 6) is -1.30. The first-order valence-corrected chi connectivity index (χ1v) is 6.80. The summed E-state index contributed by atoms with van der Waals surface area (Å²) < 4.78 is 0. The van der Waals surface area contributed by atoms with Crippen molar-refractivity contribution in [2.75, 3.05) is 4.90 Å². The van der Waals surface area contributed by atoms with Crippen LogP contribution in [-0.4, -0.2) is 23.9 Å². The van der Waals surface area contributed by atoms with Gasteiger partial charge in [-0.25, -0.2) is 14.5 Å². The van der Waals surface area contributed by atoms with Gasteiger partial charge in [-0.05, 0) is 36.4 Å². The first kappa shape index (κ1) is 16.7. The van der Waals surface area contributed by atoms with Crippen LogP contribution >= 0.6 is 0 Å². The van der Waals surface area contributed by atoms with Crippen LogP contribution < -0.4 is 21.7 Å². The van der Waals surface area contributed by atoms with Crippen LogP contribution in [0.1, 0.15) is 20.7 Å². The molecule has 122 valence electrons. The summed E-state index contributed by atoms with van der Waals surface area (Å²) in [5.41, 5.74) is 10.8. The number of imide groups is 2. The number of carbonyl (C=O) groups excluding carboxylic acids is 4. The second kappa shape index (κ2) is 7.05. The van der Waals surface area contributed by atoms with Crippen molar-refractivity contribution in [1.82, 2.24) is 5.32 Å². The number of nitrogens with one attached hydrogen (secondary N) is 1. The maximum atomic E-state index is 12.4. The Hall–Kier alpha value is -3.68. The lowest BCUT2D eigenvalue weighted by Crippen LogP contribution is -2.41. The summed E-state index contributed by atoms with van der Waals surface area (Å²) in [4.78, 5) is 47.2. The summed E-state index contributed by atoms with van der Waals surface area (Å²) in [7, 11) is 0. The van der Waals surface area contributed by atoms with Crippen molar-refractivity contribution >= 4 is 29.6 Å². The van der Waals surface area contributed by atoms with Gasteiger partial charge in [0.1, 0.15) is 0 Å². The van der Waals surface area contributed by atoms with Gasteiger partial charge in [0, 0.05) is 11.1 Å². The van der Waals surface area contributed by atoms with Gasteiger partial charge in [-0.1, -0.05) is 18.2 Å². The summed E-state index contributed by atoms with van der Waals surface area (Å²) in [6.45, 7) is 0. The van der Waals surface area contributed by atoms with Crippen LogP contribution in [0, 0.1) is 0 Å². The fourth-order valence-electron chi connectivity index (χ4n) is 2.00. The van der Waals surface area contributed by atoms with Crippen LogP contribution in [0.25, 0.3) is 0 Å². The van der Waals surface area contributed by atoms with E-state index in [0.29, 0.717) is 0 Å². The Balaban J connectivity index is 2.29. The maximum absolute atomic E-state index is 12.4. The molecule has 0 bridgehead atoms. The second-order valence-electron chi connectivity index (χ2n) is 4.71. The number of anilines is 1. The highest BCUT2D eigenvalue weighted by Gasteiger charge is 2.22. The predicted octanol–water partition coefficient (Wildman–Crippen LogP) is 1.22. The molecule has 6 amide bonds. The van der Waals surface area contributed by atoms with Crippen molar-refractivity contribution in [1.29, 1.82) is 0 Å². The zero-order chi connectivity index (χ0) is 17.7. The largest absolute Gasteiger partial charge is 0.351 e. The molecule has 8 heteroatoms. The third kappa shape index (κ3) is 3.74. The smallest absolute Gasteiger partial charge is 0.326 e. The number of nitrogens with two attached hydrogens (primary N) is 2. The lowest BCUT2D eigenvalue weighted by Gasteiger charge is -2.18. The minimum atomic E-state index is -0.984. The number of primary amides is 2. The maximum Gasteiger partial charge on any atom is 0.326 e. The van der Waals surface area contributed by atoms with E-state index in [1.807, 2.05) is 5.32 Å². The van der Waals surface area contributed by atoms with Gasteiger partial charge < -0.3 is 11.5 Å². The molecule has 0 saturated carbocycles. The number of carbonyl (C=O) groups is 4. The minimum absolute atomic E-state index is 0.133. The van der Waals surface area contributed by atoms with E-state index in [9.17, 15) is 19.2 Å². The highest BCUT2D eigenvalue weighted by atomic mass is 16.2. The Labute approximate surface area is 137 Å². The van der Waals surface area contributed by atoms with Gasteiger partial charge in [0.15, 0.2) is 0 Å². The summed E-state index contributed by atoms with van der Waals surface area (Å²) in [5, 5.41) is 1.91. The van der Waals surface area contributed by atoms with Crippen LogP contribution in [0.5, 0.6) is 0 Å². The molecule has 2 aromatic rings. The Kier molecular flexibility index (Phi) is 4.90. The van der Waals surface area contributed by atoms with Crippen molar-refractivity contribution in [3.63, 3.8) is 0 Å². The molecule has 0 atom stereocenters. The molecular formula is C16H14N4O4. The lowest BCUT2D eigenvalue weighted by atomic mass is 10.1. The third-order valence-corrected chi connectivity index (χ3v) is 3.07. The summed E-state index contributed by atoms with van der Waals surface area (Å²) in [6, 6.07) is 11.6. The third-order valence-electron chi connectivity index (χ3n) is 3.07. The average Bonchev–Trinajstić information content (AvgIpc) is 2.55. The summed E-state index contributed by atoms with van der Waals surface area (Å²) in [6.07, 6.45) is 0. The standard InChI is InChI=1S/C16H14N4O4/c17-15(23)19-13(21)10-6-8-12(9-7-10)20(16(18)24)14(22)11-4-2-1-3-5-11/h1-9H,(H2,18,24)(H3,17,19,21,23). The fraction of sp³-hybridized carbons (Fsp3) is 0. The van der Waals surface area contributed by atoms with Crippen molar-refractivity contribution in [3.8, 4) is 0 Å².